The van der Waals surface area contributed by atoms with Crippen LogP contribution in [0.1, 0.15) is 52.4 Å². The SMILES string of the molecule is C=CCNc1nc(NC)nc2c1ncn2CCOCP(=O)(NC(C)C(=O)OCCCCCC)OC1=CC=CCC1. The Morgan fingerprint density at radius 2 is 2.12 bits per heavy atom. The molecular weight excluding hydrogens is 533 g/mol. The summed E-state index contributed by atoms with van der Waals surface area (Å²) >= 11 is 0. The largest absolute Gasteiger partial charge is 0.465 e. The molecule has 1 aliphatic rings. The smallest absolute Gasteiger partial charge is 0.342 e. The molecule has 0 spiro atoms. The maximum Gasteiger partial charge on any atom is 0.342 e. The van der Waals surface area contributed by atoms with E-state index in [0.717, 1.165) is 32.1 Å². The quantitative estimate of drug-likeness (QED) is 0.0903. The fraction of sp³-hybridized carbons (Fsp3) is 0.556. The molecule has 2 unspecified atom stereocenters. The molecule has 220 valence electrons. The first-order chi connectivity index (χ1) is 19.4. The lowest BCUT2D eigenvalue weighted by Crippen LogP contribution is -2.35. The van der Waals surface area contributed by atoms with Crippen molar-refractivity contribution >= 4 is 36.4 Å². The number of imidazole rings is 1. The monoisotopic (exact) mass is 575 g/mol. The highest BCUT2D eigenvalue weighted by atomic mass is 31.2. The predicted molar refractivity (Wildman–Crippen MR) is 157 cm³/mol. The van der Waals surface area contributed by atoms with E-state index in [9.17, 15) is 9.36 Å². The molecule has 0 radical (unpaired) electrons. The summed E-state index contributed by atoms with van der Waals surface area (Å²) in [6.45, 7) is 8.95. The van der Waals surface area contributed by atoms with Crippen molar-refractivity contribution in [2.45, 2.75) is 65.0 Å². The fourth-order valence-corrected chi connectivity index (χ4v) is 5.75. The van der Waals surface area contributed by atoms with Crippen LogP contribution in [0, 0.1) is 0 Å². The molecule has 12 nitrogen and oxygen atoms in total. The highest BCUT2D eigenvalue weighted by Gasteiger charge is 2.31. The Morgan fingerprint density at radius 1 is 1.27 bits per heavy atom. The highest BCUT2D eigenvalue weighted by molar-refractivity contribution is 7.56. The number of esters is 1. The van der Waals surface area contributed by atoms with E-state index in [-0.39, 0.29) is 13.0 Å². The van der Waals surface area contributed by atoms with E-state index < -0.39 is 19.5 Å². The van der Waals surface area contributed by atoms with E-state index in [2.05, 4.69) is 44.2 Å². The van der Waals surface area contributed by atoms with Crippen molar-refractivity contribution in [3.8, 4) is 0 Å². The number of hydrogen-bond acceptors (Lipinski definition) is 10. The van der Waals surface area contributed by atoms with Gasteiger partial charge in [0.15, 0.2) is 17.0 Å². The third-order valence-corrected chi connectivity index (χ3v) is 7.90. The second-order valence-corrected chi connectivity index (χ2v) is 11.5. The van der Waals surface area contributed by atoms with Crippen molar-refractivity contribution in [3.05, 3.63) is 43.0 Å². The molecule has 2 aromatic rings. The fourth-order valence-electron chi connectivity index (χ4n) is 3.97. The second kappa shape index (κ2) is 16.2. The van der Waals surface area contributed by atoms with Gasteiger partial charge in [-0.2, -0.15) is 9.97 Å². The zero-order valence-corrected chi connectivity index (χ0v) is 24.6. The molecule has 0 bridgehead atoms. The van der Waals surface area contributed by atoms with Crippen LogP contribution in [0.3, 0.4) is 0 Å². The van der Waals surface area contributed by atoms with Crippen LogP contribution in [0.15, 0.2) is 43.0 Å². The Labute approximate surface area is 236 Å². The van der Waals surface area contributed by atoms with Gasteiger partial charge in [0.2, 0.25) is 5.95 Å². The van der Waals surface area contributed by atoms with Gasteiger partial charge in [0, 0.05) is 26.6 Å². The summed E-state index contributed by atoms with van der Waals surface area (Å²) in [6, 6.07) is -0.823. The van der Waals surface area contributed by atoms with Gasteiger partial charge in [0.25, 0.3) is 0 Å². The summed E-state index contributed by atoms with van der Waals surface area (Å²) in [7, 11) is -1.85. The summed E-state index contributed by atoms with van der Waals surface area (Å²) in [4.78, 5) is 25.9. The molecule has 0 aliphatic heterocycles. The topological polar surface area (TPSA) is 142 Å². The van der Waals surface area contributed by atoms with Gasteiger partial charge in [0.05, 0.1) is 19.5 Å². The lowest BCUT2D eigenvalue weighted by Gasteiger charge is -2.25. The van der Waals surface area contributed by atoms with Crippen molar-refractivity contribution in [3.63, 3.8) is 0 Å². The summed E-state index contributed by atoms with van der Waals surface area (Å²) in [5, 5.41) is 8.99. The third-order valence-electron chi connectivity index (χ3n) is 6.07. The van der Waals surface area contributed by atoms with Crippen molar-refractivity contribution in [2.24, 2.45) is 0 Å². The number of aromatic nitrogens is 4. The Morgan fingerprint density at radius 3 is 2.85 bits per heavy atom. The molecule has 2 atom stereocenters. The second-order valence-electron chi connectivity index (χ2n) is 9.41. The van der Waals surface area contributed by atoms with E-state index in [0.29, 0.717) is 54.8 Å². The number of rotatable bonds is 19. The van der Waals surface area contributed by atoms with E-state index in [4.69, 9.17) is 14.0 Å². The van der Waals surface area contributed by atoms with Gasteiger partial charge in [-0.3, -0.25) is 9.36 Å². The maximum atomic E-state index is 13.8. The van der Waals surface area contributed by atoms with Gasteiger partial charge >= 0.3 is 13.5 Å². The Hall–Kier alpha value is -3.21. The molecule has 0 aromatic carbocycles. The number of fused-ring (bicyclic) bond motifs is 1. The van der Waals surface area contributed by atoms with E-state index in [1.807, 2.05) is 16.7 Å². The van der Waals surface area contributed by atoms with Crippen LogP contribution in [0.25, 0.3) is 11.2 Å². The minimum atomic E-state index is -3.59. The highest BCUT2D eigenvalue weighted by Crippen LogP contribution is 2.46. The molecule has 2 aromatic heterocycles. The van der Waals surface area contributed by atoms with Gasteiger partial charge in [0.1, 0.15) is 18.1 Å². The van der Waals surface area contributed by atoms with Crippen molar-refractivity contribution in [1.29, 1.82) is 0 Å². The molecule has 13 heteroatoms. The zero-order chi connectivity index (χ0) is 28.8. The molecule has 40 heavy (non-hydrogen) atoms. The lowest BCUT2D eigenvalue weighted by molar-refractivity contribution is -0.145. The van der Waals surface area contributed by atoms with Gasteiger partial charge in [-0.05, 0) is 25.8 Å². The Bertz CT molecular complexity index is 1230. The van der Waals surface area contributed by atoms with Crippen LogP contribution in [0.2, 0.25) is 0 Å². The number of unbranched alkanes of at least 4 members (excludes halogenated alkanes) is 3. The maximum absolute atomic E-state index is 13.8. The molecule has 2 heterocycles. The van der Waals surface area contributed by atoms with Crippen molar-refractivity contribution in [1.82, 2.24) is 24.6 Å². The zero-order valence-electron chi connectivity index (χ0n) is 23.7. The standard InChI is InChI=1S/C27H42N7O5P/c1-5-7-8-12-17-38-26(35)21(3)33-40(36,39-22-13-10-9-11-14-22)20-37-18-16-34-19-30-23-24(29-15-6-2)31-27(28-4)32-25(23)34/h6,9-10,13,19,21H,2,5,7-8,11-12,14-18,20H2,1,3-4H3,(H,33,36)(H2,28,29,31,32). The first-order valence-corrected chi connectivity index (χ1v) is 15.6. The average Bonchev–Trinajstić information content (AvgIpc) is 3.37. The molecule has 0 amide bonds. The number of nitrogens with one attached hydrogen (secondary N) is 3. The number of carbonyl (C=O) groups excluding carboxylic acids is 1. The lowest BCUT2D eigenvalue weighted by atomic mass is 10.2. The molecule has 1 aliphatic carbocycles. The van der Waals surface area contributed by atoms with Crippen molar-refractivity contribution < 1.29 is 23.4 Å². The Kier molecular flexibility index (Phi) is 12.6. The first kappa shape index (κ1) is 31.3. The van der Waals surface area contributed by atoms with Crippen LogP contribution in [-0.2, 0) is 29.9 Å². The molecule has 3 N–H and O–H groups in total. The third kappa shape index (κ3) is 9.46. The summed E-state index contributed by atoms with van der Waals surface area (Å²) < 4.78 is 32.8. The normalized spacial score (nSPS) is 15.2. The number of allylic oxidation sites excluding steroid dienone is 4. The van der Waals surface area contributed by atoms with Crippen LogP contribution in [0.4, 0.5) is 11.8 Å². The number of ether oxygens (including phenoxy) is 2. The number of nitrogens with zero attached hydrogens (tertiary/aromatic N) is 4. The van der Waals surface area contributed by atoms with Gasteiger partial charge in [-0.25, -0.2) is 10.1 Å². The van der Waals surface area contributed by atoms with E-state index in [1.54, 1.807) is 32.5 Å². The summed E-state index contributed by atoms with van der Waals surface area (Å²) in [5.41, 5.74) is 1.25. The average molecular weight is 576 g/mol. The molecule has 0 saturated heterocycles. The number of hydrogen-bond donors (Lipinski definition) is 3. The van der Waals surface area contributed by atoms with E-state index >= 15 is 0 Å². The first-order valence-electron chi connectivity index (χ1n) is 13.8. The van der Waals surface area contributed by atoms with Gasteiger partial charge in [-0.1, -0.05) is 44.4 Å². The summed E-state index contributed by atoms with van der Waals surface area (Å²) in [5.74, 6) is 1.16. The molecule has 0 fully saturated rings. The van der Waals surface area contributed by atoms with Gasteiger partial charge in [-0.15, -0.1) is 6.58 Å². The molecule has 3 rings (SSSR count). The molecule has 0 saturated carbocycles. The van der Waals surface area contributed by atoms with Crippen LogP contribution in [0.5, 0.6) is 0 Å². The van der Waals surface area contributed by atoms with Crippen molar-refractivity contribution in [2.75, 3.05) is 43.8 Å². The van der Waals surface area contributed by atoms with Crippen LogP contribution < -0.4 is 15.7 Å². The minimum absolute atomic E-state index is 0.212. The van der Waals surface area contributed by atoms with Crippen LogP contribution in [-0.4, -0.2) is 64.7 Å². The van der Waals surface area contributed by atoms with Crippen LogP contribution >= 0.6 is 7.52 Å². The predicted octanol–water partition coefficient (Wildman–Crippen LogP) is 4.99. The Balaban J connectivity index is 1.62. The van der Waals surface area contributed by atoms with E-state index in [1.165, 1.54) is 0 Å². The number of anilines is 2. The molecular formula is C27H42N7O5P. The van der Waals surface area contributed by atoms with Gasteiger partial charge < -0.3 is 29.2 Å². The summed E-state index contributed by atoms with van der Waals surface area (Å²) in [6.07, 6.45) is 14.2. The number of carbonyl (C=O) groups is 1. The minimum Gasteiger partial charge on any atom is -0.465 e.